The van der Waals surface area contributed by atoms with E-state index < -0.39 is 0 Å². The van der Waals surface area contributed by atoms with E-state index in [1.54, 1.807) is 0 Å². The number of hydrogen-bond donors (Lipinski definition) is 2. The fraction of sp³-hybridized carbons (Fsp3) is 0.933. The summed E-state index contributed by atoms with van der Waals surface area (Å²) in [5.41, 5.74) is 0.135. The second-order valence-corrected chi connectivity index (χ2v) is 7.09. The molecule has 1 rings (SSSR count). The zero-order chi connectivity index (χ0) is 13.8. The van der Waals surface area contributed by atoms with Gasteiger partial charge in [0.15, 0.2) is 0 Å². The minimum absolute atomic E-state index is 0. The summed E-state index contributed by atoms with van der Waals surface area (Å²) in [5.74, 6) is 1.11. The van der Waals surface area contributed by atoms with Gasteiger partial charge in [-0.2, -0.15) is 0 Å². The van der Waals surface area contributed by atoms with E-state index in [4.69, 9.17) is 0 Å². The van der Waals surface area contributed by atoms with Crippen LogP contribution in [0.1, 0.15) is 53.9 Å². The number of carbonyl (C=O) groups excluding carboxylic acids is 1. The normalized spacial score (nSPS) is 21.1. The predicted molar refractivity (Wildman–Crippen MR) is 83.7 cm³/mol. The monoisotopic (exact) mass is 290 g/mol. The quantitative estimate of drug-likeness (QED) is 0.817. The molecule has 1 fully saturated rings. The highest BCUT2D eigenvalue weighted by Crippen LogP contribution is 2.25. The van der Waals surface area contributed by atoms with Crippen molar-refractivity contribution in [2.75, 3.05) is 13.1 Å². The highest BCUT2D eigenvalue weighted by Gasteiger charge is 2.29. The third kappa shape index (κ3) is 6.62. The van der Waals surface area contributed by atoms with Crippen molar-refractivity contribution in [3.63, 3.8) is 0 Å². The topological polar surface area (TPSA) is 41.1 Å². The van der Waals surface area contributed by atoms with E-state index in [1.807, 2.05) is 0 Å². The minimum atomic E-state index is 0. The summed E-state index contributed by atoms with van der Waals surface area (Å²) in [6.45, 7) is 12.9. The van der Waals surface area contributed by atoms with Gasteiger partial charge in [-0.3, -0.25) is 4.79 Å². The zero-order valence-electron chi connectivity index (χ0n) is 13.1. The first-order valence-corrected chi connectivity index (χ1v) is 7.31. The number of amides is 1. The van der Waals surface area contributed by atoms with Crippen LogP contribution in [0, 0.1) is 17.3 Å². The van der Waals surface area contributed by atoms with Crippen molar-refractivity contribution in [3.05, 3.63) is 0 Å². The second kappa shape index (κ2) is 8.11. The lowest BCUT2D eigenvalue weighted by molar-refractivity contribution is -0.126. The largest absolute Gasteiger partial charge is 0.353 e. The molecule has 114 valence electrons. The summed E-state index contributed by atoms with van der Waals surface area (Å²) < 4.78 is 0. The van der Waals surface area contributed by atoms with E-state index in [1.165, 1.54) is 6.42 Å². The molecule has 0 saturated carbocycles. The molecule has 1 amide bonds. The molecule has 2 N–H and O–H groups in total. The van der Waals surface area contributed by atoms with Crippen LogP contribution < -0.4 is 10.6 Å². The second-order valence-electron chi connectivity index (χ2n) is 7.09. The number of halogens is 1. The van der Waals surface area contributed by atoms with Gasteiger partial charge in [-0.1, -0.05) is 34.6 Å². The Morgan fingerprint density at radius 1 is 1.32 bits per heavy atom. The summed E-state index contributed by atoms with van der Waals surface area (Å²) in [6.07, 6.45) is 3.23. The molecule has 3 nitrogen and oxygen atoms in total. The fourth-order valence-corrected chi connectivity index (χ4v) is 2.39. The molecule has 0 aromatic heterocycles. The Balaban J connectivity index is 0.00000324. The molecule has 1 saturated heterocycles. The van der Waals surface area contributed by atoms with Crippen molar-refractivity contribution in [2.45, 2.75) is 59.9 Å². The number of carbonyl (C=O) groups is 1. The number of nitrogens with one attached hydrogen (secondary N) is 2. The maximum absolute atomic E-state index is 12.2. The summed E-state index contributed by atoms with van der Waals surface area (Å²) in [5, 5.41) is 6.53. The molecule has 19 heavy (non-hydrogen) atoms. The maximum Gasteiger partial charge on any atom is 0.224 e. The molecule has 1 aliphatic rings. The molecule has 0 radical (unpaired) electrons. The van der Waals surface area contributed by atoms with Crippen LogP contribution in [0.25, 0.3) is 0 Å². The molecule has 0 aromatic rings. The number of hydrogen-bond acceptors (Lipinski definition) is 2. The SMILES string of the molecule is CC(C)CCC(NC(=O)C1CCNC1)C(C)(C)C.Cl. The van der Waals surface area contributed by atoms with Gasteiger partial charge in [-0.05, 0) is 37.1 Å². The predicted octanol–water partition coefficient (Wildman–Crippen LogP) is 2.98. The van der Waals surface area contributed by atoms with Gasteiger partial charge in [0.25, 0.3) is 0 Å². The highest BCUT2D eigenvalue weighted by atomic mass is 35.5. The minimum Gasteiger partial charge on any atom is -0.353 e. The maximum atomic E-state index is 12.2. The van der Waals surface area contributed by atoms with Gasteiger partial charge in [-0.25, -0.2) is 0 Å². The first-order chi connectivity index (χ1) is 8.30. The average Bonchev–Trinajstić information content (AvgIpc) is 2.74. The van der Waals surface area contributed by atoms with Gasteiger partial charge in [0.05, 0.1) is 5.92 Å². The first kappa shape index (κ1) is 18.7. The van der Waals surface area contributed by atoms with Crippen LogP contribution in [0.4, 0.5) is 0 Å². The zero-order valence-corrected chi connectivity index (χ0v) is 13.9. The van der Waals surface area contributed by atoms with E-state index in [9.17, 15) is 4.79 Å². The van der Waals surface area contributed by atoms with Crippen LogP contribution in [0.15, 0.2) is 0 Å². The van der Waals surface area contributed by atoms with Gasteiger partial charge < -0.3 is 10.6 Å². The Kier molecular flexibility index (Phi) is 7.99. The first-order valence-electron chi connectivity index (χ1n) is 7.31. The van der Waals surface area contributed by atoms with E-state index >= 15 is 0 Å². The van der Waals surface area contributed by atoms with Crippen molar-refractivity contribution >= 4 is 18.3 Å². The van der Waals surface area contributed by atoms with Gasteiger partial charge in [0.1, 0.15) is 0 Å². The lowest BCUT2D eigenvalue weighted by Gasteiger charge is -2.33. The average molecular weight is 291 g/mol. The van der Waals surface area contributed by atoms with Gasteiger partial charge in [-0.15, -0.1) is 12.4 Å². The van der Waals surface area contributed by atoms with Gasteiger partial charge >= 0.3 is 0 Å². The summed E-state index contributed by atoms with van der Waals surface area (Å²) in [7, 11) is 0. The molecule has 2 unspecified atom stereocenters. The molecule has 2 atom stereocenters. The Labute approximate surface area is 124 Å². The lowest BCUT2D eigenvalue weighted by atomic mass is 9.82. The van der Waals surface area contributed by atoms with Crippen molar-refractivity contribution in [1.29, 1.82) is 0 Å². The smallest absolute Gasteiger partial charge is 0.224 e. The van der Waals surface area contributed by atoms with Crippen LogP contribution in [0.5, 0.6) is 0 Å². The van der Waals surface area contributed by atoms with Crippen molar-refractivity contribution < 1.29 is 4.79 Å². The molecule has 0 bridgehead atoms. The highest BCUT2D eigenvalue weighted by molar-refractivity contribution is 5.85. The van der Waals surface area contributed by atoms with Crippen LogP contribution in [-0.4, -0.2) is 25.0 Å². The summed E-state index contributed by atoms with van der Waals surface area (Å²) >= 11 is 0. The van der Waals surface area contributed by atoms with Crippen molar-refractivity contribution in [1.82, 2.24) is 10.6 Å². The Morgan fingerprint density at radius 2 is 1.95 bits per heavy atom. The number of rotatable bonds is 5. The van der Waals surface area contributed by atoms with E-state index in [2.05, 4.69) is 45.3 Å². The van der Waals surface area contributed by atoms with E-state index in [0.717, 1.165) is 25.9 Å². The molecule has 4 heteroatoms. The molecule has 0 aromatic carbocycles. The van der Waals surface area contributed by atoms with Crippen LogP contribution in [-0.2, 0) is 4.79 Å². The summed E-state index contributed by atoms with van der Waals surface area (Å²) in [4.78, 5) is 12.2. The standard InChI is InChI=1S/C15H30N2O.ClH/c1-11(2)6-7-13(15(3,4)5)17-14(18)12-8-9-16-10-12;/h11-13,16H,6-10H2,1-5H3,(H,17,18);1H. The lowest BCUT2D eigenvalue weighted by Crippen LogP contribution is -2.46. The van der Waals surface area contributed by atoms with Crippen molar-refractivity contribution in [2.24, 2.45) is 17.3 Å². The fourth-order valence-electron chi connectivity index (χ4n) is 2.39. The third-order valence-corrected chi connectivity index (χ3v) is 3.83. The van der Waals surface area contributed by atoms with Crippen LogP contribution in [0.2, 0.25) is 0 Å². The summed E-state index contributed by atoms with van der Waals surface area (Å²) in [6, 6.07) is 0.285. The molecule has 0 aliphatic carbocycles. The van der Waals surface area contributed by atoms with E-state index in [-0.39, 0.29) is 35.7 Å². The van der Waals surface area contributed by atoms with Crippen molar-refractivity contribution in [3.8, 4) is 0 Å². The third-order valence-electron chi connectivity index (χ3n) is 3.83. The molecule has 0 spiro atoms. The Bertz CT molecular complexity index is 268. The van der Waals surface area contributed by atoms with Crippen LogP contribution in [0.3, 0.4) is 0 Å². The molecular formula is C15H31ClN2O. The van der Waals surface area contributed by atoms with Gasteiger partial charge in [0.2, 0.25) is 5.91 Å². The molecule has 1 aliphatic heterocycles. The van der Waals surface area contributed by atoms with E-state index in [0.29, 0.717) is 5.92 Å². The molecule has 1 heterocycles. The molecular weight excluding hydrogens is 260 g/mol. The Hall–Kier alpha value is -0.280. The van der Waals surface area contributed by atoms with Gasteiger partial charge in [0, 0.05) is 12.6 Å². The Morgan fingerprint density at radius 3 is 2.37 bits per heavy atom. The van der Waals surface area contributed by atoms with Crippen LogP contribution >= 0.6 is 12.4 Å².